The quantitative estimate of drug-likeness (QED) is 0.420. The van der Waals surface area contributed by atoms with E-state index in [1.165, 1.54) is 18.2 Å². The molecule has 4 nitrogen and oxygen atoms in total. The van der Waals surface area contributed by atoms with Gasteiger partial charge in [-0.2, -0.15) is 0 Å². The van der Waals surface area contributed by atoms with Gasteiger partial charge in [-0.05, 0) is 18.2 Å². The van der Waals surface area contributed by atoms with Gasteiger partial charge in [0.25, 0.3) is 5.91 Å². The molecule has 0 saturated heterocycles. The van der Waals surface area contributed by atoms with E-state index in [-0.39, 0.29) is 10.8 Å². The molecular formula is C8H6FN3OS. The first-order valence-corrected chi connectivity index (χ1v) is 4.59. The Labute approximate surface area is 82.5 Å². The molecule has 1 aromatic heterocycles. The van der Waals surface area contributed by atoms with Gasteiger partial charge < -0.3 is 0 Å². The highest BCUT2D eigenvalue weighted by molar-refractivity contribution is 7.20. The van der Waals surface area contributed by atoms with Gasteiger partial charge in [-0.3, -0.25) is 10.2 Å². The number of fused-ring (bicyclic) bond motifs is 1. The Morgan fingerprint density at radius 2 is 2.36 bits per heavy atom. The van der Waals surface area contributed by atoms with Crippen molar-refractivity contribution in [3.05, 3.63) is 29.0 Å². The Morgan fingerprint density at radius 3 is 3.07 bits per heavy atom. The van der Waals surface area contributed by atoms with Gasteiger partial charge in [-0.25, -0.2) is 15.2 Å². The van der Waals surface area contributed by atoms with Crippen LogP contribution in [0.15, 0.2) is 18.2 Å². The second-order valence-electron chi connectivity index (χ2n) is 2.60. The van der Waals surface area contributed by atoms with Gasteiger partial charge >= 0.3 is 0 Å². The molecule has 0 spiro atoms. The molecule has 0 unspecified atom stereocenters. The number of halogens is 1. The van der Waals surface area contributed by atoms with Crippen molar-refractivity contribution in [1.29, 1.82) is 0 Å². The fraction of sp³-hybridized carbons (Fsp3) is 0. The first kappa shape index (κ1) is 9.04. The molecular weight excluding hydrogens is 205 g/mol. The number of hydrogen-bond acceptors (Lipinski definition) is 4. The highest BCUT2D eigenvalue weighted by Gasteiger charge is 2.10. The first-order valence-electron chi connectivity index (χ1n) is 3.78. The van der Waals surface area contributed by atoms with E-state index in [0.29, 0.717) is 10.2 Å². The van der Waals surface area contributed by atoms with Gasteiger partial charge in [0.05, 0.1) is 10.2 Å². The first-order chi connectivity index (χ1) is 6.70. The average Bonchev–Trinajstić information content (AvgIpc) is 2.59. The van der Waals surface area contributed by atoms with Gasteiger partial charge in [-0.15, -0.1) is 11.3 Å². The standard InChI is InChI=1S/C8H6FN3OS/c9-4-1-2-5-6(3-4)14-8(11-5)7(13)12-10/h1-3H,10H2,(H,12,13). The van der Waals surface area contributed by atoms with Crippen LogP contribution in [-0.4, -0.2) is 10.9 Å². The maximum Gasteiger partial charge on any atom is 0.294 e. The third kappa shape index (κ3) is 1.45. The lowest BCUT2D eigenvalue weighted by Crippen LogP contribution is -2.29. The van der Waals surface area contributed by atoms with Crippen molar-refractivity contribution in [2.24, 2.45) is 5.84 Å². The van der Waals surface area contributed by atoms with Crippen molar-refractivity contribution in [2.45, 2.75) is 0 Å². The van der Waals surface area contributed by atoms with E-state index in [0.717, 1.165) is 11.3 Å². The number of nitrogens with one attached hydrogen (secondary N) is 1. The number of benzene rings is 1. The lowest BCUT2D eigenvalue weighted by atomic mass is 10.3. The third-order valence-electron chi connectivity index (χ3n) is 1.68. The van der Waals surface area contributed by atoms with Crippen LogP contribution < -0.4 is 11.3 Å². The summed E-state index contributed by atoms with van der Waals surface area (Å²) in [6.45, 7) is 0. The maximum absolute atomic E-state index is 12.8. The van der Waals surface area contributed by atoms with Gasteiger partial charge in [0, 0.05) is 0 Å². The SMILES string of the molecule is NNC(=O)c1nc2ccc(F)cc2s1. The molecule has 0 aliphatic heterocycles. The van der Waals surface area contributed by atoms with Crippen LogP contribution in [0.25, 0.3) is 10.2 Å². The molecule has 0 bridgehead atoms. The molecule has 0 fully saturated rings. The van der Waals surface area contributed by atoms with Crippen molar-refractivity contribution in [3.63, 3.8) is 0 Å². The Morgan fingerprint density at radius 1 is 1.57 bits per heavy atom. The number of hydrogen-bond donors (Lipinski definition) is 2. The zero-order valence-electron chi connectivity index (χ0n) is 6.95. The molecule has 0 aliphatic rings. The highest BCUT2D eigenvalue weighted by Crippen LogP contribution is 2.22. The van der Waals surface area contributed by atoms with Crippen LogP contribution in [0.4, 0.5) is 4.39 Å². The van der Waals surface area contributed by atoms with Crippen LogP contribution in [0.2, 0.25) is 0 Å². The van der Waals surface area contributed by atoms with E-state index in [2.05, 4.69) is 4.98 Å². The largest absolute Gasteiger partial charge is 0.294 e. The van der Waals surface area contributed by atoms with Gasteiger partial charge in [0.15, 0.2) is 5.01 Å². The number of thiazole rings is 1. The number of hydrazine groups is 1. The molecule has 1 amide bonds. The van der Waals surface area contributed by atoms with Crippen molar-refractivity contribution < 1.29 is 9.18 Å². The number of aromatic nitrogens is 1. The molecule has 72 valence electrons. The number of rotatable bonds is 1. The molecule has 3 N–H and O–H groups in total. The fourth-order valence-electron chi connectivity index (χ4n) is 1.06. The van der Waals surface area contributed by atoms with Crippen LogP contribution in [0.3, 0.4) is 0 Å². The van der Waals surface area contributed by atoms with E-state index in [9.17, 15) is 9.18 Å². The summed E-state index contributed by atoms with van der Waals surface area (Å²) in [6.07, 6.45) is 0. The molecule has 0 aliphatic carbocycles. The Kier molecular flexibility index (Phi) is 2.14. The zero-order valence-corrected chi connectivity index (χ0v) is 7.77. The summed E-state index contributed by atoms with van der Waals surface area (Å²) in [5.74, 6) is 4.14. The van der Waals surface area contributed by atoms with E-state index < -0.39 is 5.91 Å². The summed E-state index contributed by atoms with van der Waals surface area (Å²) in [5.41, 5.74) is 2.56. The summed E-state index contributed by atoms with van der Waals surface area (Å²) in [7, 11) is 0. The maximum atomic E-state index is 12.8. The molecule has 1 aromatic carbocycles. The molecule has 0 radical (unpaired) electrons. The summed E-state index contributed by atoms with van der Waals surface area (Å²) < 4.78 is 13.4. The number of carbonyl (C=O) groups is 1. The van der Waals surface area contributed by atoms with Crippen molar-refractivity contribution in [1.82, 2.24) is 10.4 Å². The molecule has 0 atom stereocenters. The highest BCUT2D eigenvalue weighted by atomic mass is 32.1. The number of nitrogens with zero attached hydrogens (tertiary/aromatic N) is 1. The van der Waals surface area contributed by atoms with E-state index in [1.807, 2.05) is 5.43 Å². The number of nitrogens with two attached hydrogens (primary N) is 1. The summed E-state index contributed by atoms with van der Waals surface area (Å²) in [5, 5.41) is 0.230. The second-order valence-corrected chi connectivity index (χ2v) is 3.64. The predicted molar refractivity (Wildman–Crippen MR) is 51.2 cm³/mol. The zero-order chi connectivity index (χ0) is 10.1. The van der Waals surface area contributed by atoms with Crippen LogP contribution >= 0.6 is 11.3 Å². The molecule has 14 heavy (non-hydrogen) atoms. The smallest absolute Gasteiger partial charge is 0.288 e. The minimum absolute atomic E-state index is 0.230. The predicted octanol–water partition coefficient (Wildman–Crippen LogP) is 1.04. The average molecular weight is 211 g/mol. The number of carbonyl (C=O) groups excluding carboxylic acids is 1. The normalized spacial score (nSPS) is 10.4. The molecule has 2 rings (SSSR count). The lowest BCUT2D eigenvalue weighted by molar-refractivity contribution is 0.0953. The fourth-order valence-corrected chi connectivity index (χ4v) is 1.95. The third-order valence-corrected chi connectivity index (χ3v) is 2.69. The van der Waals surface area contributed by atoms with Crippen LogP contribution in [-0.2, 0) is 0 Å². The monoisotopic (exact) mass is 211 g/mol. The molecule has 6 heteroatoms. The van der Waals surface area contributed by atoms with Crippen LogP contribution in [0.1, 0.15) is 9.80 Å². The second kappa shape index (κ2) is 3.32. The van der Waals surface area contributed by atoms with E-state index in [4.69, 9.17) is 5.84 Å². The Balaban J connectivity index is 2.56. The molecule has 0 saturated carbocycles. The van der Waals surface area contributed by atoms with Gasteiger partial charge in [-0.1, -0.05) is 0 Å². The topological polar surface area (TPSA) is 68.0 Å². The Hall–Kier alpha value is -1.53. The van der Waals surface area contributed by atoms with Crippen LogP contribution in [0.5, 0.6) is 0 Å². The Bertz CT molecular complexity index is 496. The minimum Gasteiger partial charge on any atom is -0.288 e. The minimum atomic E-state index is -0.466. The number of amides is 1. The van der Waals surface area contributed by atoms with Crippen LogP contribution in [0, 0.1) is 5.82 Å². The van der Waals surface area contributed by atoms with Crippen molar-refractivity contribution >= 4 is 27.5 Å². The summed E-state index contributed by atoms with van der Waals surface area (Å²) in [4.78, 5) is 15.1. The summed E-state index contributed by atoms with van der Waals surface area (Å²) >= 11 is 1.10. The molecule has 2 aromatic rings. The van der Waals surface area contributed by atoms with Gasteiger partial charge in [0.1, 0.15) is 5.82 Å². The van der Waals surface area contributed by atoms with E-state index >= 15 is 0 Å². The van der Waals surface area contributed by atoms with Crippen molar-refractivity contribution in [3.8, 4) is 0 Å². The number of nitrogen functional groups attached to an aromatic ring is 1. The van der Waals surface area contributed by atoms with E-state index in [1.54, 1.807) is 0 Å². The van der Waals surface area contributed by atoms with Gasteiger partial charge in [0.2, 0.25) is 0 Å². The van der Waals surface area contributed by atoms with Crippen molar-refractivity contribution in [2.75, 3.05) is 0 Å². The lowest BCUT2D eigenvalue weighted by Gasteiger charge is -1.89. The molecule has 1 heterocycles. The summed E-state index contributed by atoms with van der Waals surface area (Å²) in [6, 6.07) is 4.15.